The van der Waals surface area contributed by atoms with Crippen molar-refractivity contribution in [2.75, 3.05) is 6.54 Å². The lowest BCUT2D eigenvalue weighted by Crippen LogP contribution is -2.50. The average molecular weight is 248 g/mol. The quantitative estimate of drug-likeness (QED) is 0.759. The zero-order valence-corrected chi connectivity index (χ0v) is 10.6. The van der Waals surface area contributed by atoms with E-state index in [2.05, 4.69) is 5.32 Å². The van der Waals surface area contributed by atoms with Crippen LogP contribution < -0.4 is 11.1 Å². The highest BCUT2D eigenvalue weighted by molar-refractivity contribution is 5.84. The number of nitrogens with two attached hydrogens (primary N) is 1. The lowest BCUT2D eigenvalue weighted by atomic mass is 9.68. The third-order valence-electron chi connectivity index (χ3n) is 3.90. The molecule has 0 aromatic heterocycles. The van der Waals surface area contributed by atoms with Crippen LogP contribution >= 0.6 is 0 Å². The number of carbonyl (C=O) groups excluding carboxylic acids is 1. The van der Waals surface area contributed by atoms with Crippen molar-refractivity contribution in [3.05, 3.63) is 29.8 Å². The number of amides is 1. The summed E-state index contributed by atoms with van der Waals surface area (Å²) < 4.78 is 0. The molecule has 0 saturated heterocycles. The maximum atomic E-state index is 12.2. The van der Waals surface area contributed by atoms with Gasteiger partial charge < -0.3 is 16.2 Å². The molecule has 4 heteroatoms. The normalized spacial score (nSPS) is 18.8. The first kappa shape index (κ1) is 12.9. The van der Waals surface area contributed by atoms with E-state index in [1.54, 1.807) is 18.2 Å². The highest BCUT2D eigenvalue weighted by Gasteiger charge is 2.43. The van der Waals surface area contributed by atoms with Crippen LogP contribution in [0, 0.1) is 5.41 Å². The molecule has 1 aromatic rings. The Labute approximate surface area is 107 Å². The summed E-state index contributed by atoms with van der Waals surface area (Å²) in [5.41, 5.74) is 6.25. The third kappa shape index (κ3) is 2.34. The van der Waals surface area contributed by atoms with Crippen LogP contribution in [0.3, 0.4) is 0 Å². The molecule has 1 aromatic carbocycles. The first-order valence-electron chi connectivity index (χ1n) is 6.37. The Morgan fingerprint density at radius 2 is 2.28 bits per heavy atom. The molecule has 4 N–H and O–H groups in total. The maximum absolute atomic E-state index is 12.2. The van der Waals surface area contributed by atoms with Crippen molar-refractivity contribution in [1.82, 2.24) is 5.32 Å². The van der Waals surface area contributed by atoms with Crippen LogP contribution in [0.2, 0.25) is 0 Å². The third-order valence-corrected chi connectivity index (χ3v) is 3.90. The first-order chi connectivity index (χ1) is 8.57. The highest BCUT2D eigenvalue weighted by Crippen LogP contribution is 2.40. The first-order valence-corrected chi connectivity index (χ1v) is 6.37. The topological polar surface area (TPSA) is 75.4 Å². The Bertz CT molecular complexity index is 436. The predicted octanol–water partition coefficient (Wildman–Crippen LogP) is 1.70. The minimum atomic E-state index is -0.356. The Kier molecular flexibility index (Phi) is 3.57. The predicted molar refractivity (Wildman–Crippen MR) is 70.0 cm³/mol. The second-order valence-corrected chi connectivity index (χ2v) is 5.13. The number of carbonyl (C=O) groups is 1. The van der Waals surface area contributed by atoms with Crippen LogP contribution in [0.4, 0.5) is 0 Å². The fourth-order valence-electron chi connectivity index (χ4n) is 2.35. The van der Waals surface area contributed by atoms with Gasteiger partial charge in [0.1, 0.15) is 5.75 Å². The molecule has 0 spiro atoms. The van der Waals surface area contributed by atoms with E-state index < -0.39 is 0 Å². The van der Waals surface area contributed by atoms with Gasteiger partial charge in [0.25, 0.3) is 0 Å². The number of nitrogens with one attached hydrogen (secondary N) is 1. The fraction of sp³-hybridized carbons (Fsp3) is 0.500. The molecule has 4 nitrogen and oxygen atoms in total. The Balaban J connectivity index is 2.03. The SMILES string of the molecule is CC(NC(=O)C1(CN)CCC1)c1cccc(O)c1. The molecule has 1 aliphatic carbocycles. The number of hydrogen-bond acceptors (Lipinski definition) is 3. The standard InChI is InChI=1S/C14H20N2O2/c1-10(11-4-2-5-12(17)8-11)16-13(18)14(9-15)6-3-7-14/h2,4-5,8,10,17H,3,6-7,9,15H2,1H3,(H,16,18). The van der Waals surface area contributed by atoms with Gasteiger partial charge in [0.05, 0.1) is 11.5 Å². The molecule has 1 fully saturated rings. The van der Waals surface area contributed by atoms with E-state index in [9.17, 15) is 9.90 Å². The molecule has 1 atom stereocenters. The van der Waals surface area contributed by atoms with Crippen molar-refractivity contribution in [2.45, 2.75) is 32.2 Å². The lowest BCUT2D eigenvalue weighted by molar-refractivity contribution is -0.135. The summed E-state index contributed by atoms with van der Waals surface area (Å²) in [6.45, 7) is 2.32. The van der Waals surface area contributed by atoms with Gasteiger partial charge in [-0.05, 0) is 37.5 Å². The molecule has 2 rings (SSSR count). The Morgan fingerprint density at radius 1 is 1.56 bits per heavy atom. The monoisotopic (exact) mass is 248 g/mol. The summed E-state index contributed by atoms with van der Waals surface area (Å²) in [7, 11) is 0. The largest absolute Gasteiger partial charge is 0.508 e. The molecule has 0 radical (unpaired) electrons. The molecule has 18 heavy (non-hydrogen) atoms. The minimum absolute atomic E-state index is 0.0343. The van der Waals surface area contributed by atoms with Gasteiger partial charge in [-0.3, -0.25) is 4.79 Å². The van der Waals surface area contributed by atoms with Crippen molar-refractivity contribution >= 4 is 5.91 Å². The minimum Gasteiger partial charge on any atom is -0.508 e. The van der Waals surface area contributed by atoms with Gasteiger partial charge in [-0.2, -0.15) is 0 Å². The van der Waals surface area contributed by atoms with Crippen molar-refractivity contribution in [1.29, 1.82) is 0 Å². The summed E-state index contributed by atoms with van der Waals surface area (Å²) in [5.74, 6) is 0.248. The summed E-state index contributed by atoms with van der Waals surface area (Å²) in [6.07, 6.45) is 2.83. The molecule has 1 aliphatic rings. The molecule has 0 bridgehead atoms. The summed E-state index contributed by atoms with van der Waals surface area (Å²) in [4.78, 5) is 12.2. The fourth-order valence-corrected chi connectivity index (χ4v) is 2.35. The van der Waals surface area contributed by atoms with Gasteiger partial charge in [-0.1, -0.05) is 18.6 Å². The highest BCUT2D eigenvalue weighted by atomic mass is 16.3. The van der Waals surface area contributed by atoms with Crippen LogP contribution in [0.25, 0.3) is 0 Å². The second kappa shape index (κ2) is 4.98. The van der Waals surface area contributed by atoms with Gasteiger partial charge in [0, 0.05) is 6.54 Å². The lowest BCUT2D eigenvalue weighted by Gasteiger charge is -2.39. The smallest absolute Gasteiger partial charge is 0.227 e. The number of hydrogen-bond donors (Lipinski definition) is 3. The van der Waals surface area contributed by atoms with Crippen LogP contribution in [0.5, 0.6) is 5.75 Å². The van der Waals surface area contributed by atoms with E-state index in [4.69, 9.17) is 5.73 Å². The molecule has 1 unspecified atom stereocenters. The van der Waals surface area contributed by atoms with E-state index in [1.807, 2.05) is 13.0 Å². The van der Waals surface area contributed by atoms with Crippen LogP contribution in [0.15, 0.2) is 24.3 Å². The van der Waals surface area contributed by atoms with Crippen molar-refractivity contribution in [3.63, 3.8) is 0 Å². The zero-order valence-electron chi connectivity index (χ0n) is 10.6. The van der Waals surface area contributed by atoms with Gasteiger partial charge in [0.2, 0.25) is 5.91 Å². The van der Waals surface area contributed by atoms with Gasteiger partial charge in [0.15, 0.2) is 0 Å². The van der Waals surface area contributed by atoms with Crippen LogP contribution in [-0.4, -0.2) is 17.6 Å². The van der Waals surface area contributed by atoms with Gasteiger partial charge in [-0.25, -0.2) is 0 Å². The van der Waals surface area contributed by atoms with E-state index in [-0.39, 0.29) is 23.1 Å². The zero-order chi connectivity index (χ0) is 13.2. The van der Waals surface area contributed by atoms with Crippen LogP contribution in [-0.2, 0) is 4.79 Å². The van der Waals surface area contributed by atoms with Crippen molar-refractivity contribution in [3.8, 4) is 5.75 Å². The Morgan fingerprint density at radius 3 is 2.78 bits per heavy atom. The summed E-state index contributed by atoms with van der Waals surface area (Å²) in [6, 6.07) is 6.83. The van der Waals surface area contributed by atoms with E-state index in [0.717, 1.165) is 24.8 Å². The average Bonchev–Trinajstić information content (AvgIpc) is 2.28. The number of benzene rings is 1. The molecule has 98 valence electrons. The van der Waals surface area contributed by atoms with Crippen molar-refractivity contribution < 1.29 is 9.90 Å². The number of phenolic OH excluding ortho intramolecular Hbond substituents is 1. The van der Waals surface area contributed by atoms with Crippen LogP contribution in [0.1, 0.15) is 37.8 Å². The Hall–Kier alpha value is -1.55. The van der Waals surface area contributed by atoms with Crippen molar-refractivity contribution in [2.24, 2.45) is 11.1 Å². The number of aromatic hydroxyl groups is 1. The number of rotatable bonds is 4. The maximum Gasteiger partial charge on any atom is 0.227 e. The number of phenols is 1. The van der Waals surface area contributed by atoms with Gasteiger partial charge >= 0.3 is 0 Å². The molecule has 1 saturated carbocycles. The summed E-state index contributed by atoms with van der Waals surface area (Å²) in [5, 5.41) is 12.4. The second-order valence-electron chi connectivity index (χ2n) is 5.13. The molecular formula is C14H20N2O2. The summed E-state index contributed by atoms with van der Waals surface area (Å²) >= 11 is 0. The van der Waals surface area contributed by atoms with E-state index in [0.29, 0.717) is 6.54 Å². The van der Waals surface area contributed by atoms with E-state index in [1.165, 1.54) is 0 Å². The molecular weight excluding hydrogens is 228 g/mol. The molecule has 0 heterocycles. The molecule has 0 aliphatic heterocycles. The molecule has 1 amide bonds. The van der Waals surface area contributed by atoms with E-state index >= 15 is 0 Å². The van der Waals surface area contributed by atoms with Gasteiger partial charge in [-0.15, -0.1) is 0 Å².